The van der Waals surface area contributed by atoms with E-state index in [1.54, 1.807) is 0 Å². The lowest BCUT2D eigenvalue weighted by atomic mass is 10.0. The van der Waals surface area contributed by atoms with Gasteiger partial charge in [-0.3, -0.25) is 0 Å². The maximum absolute atomic E-state index is 5.36. The summed E-state index contributed by atoms with van der Waals surface area (Å²) in [7, 11) is 0. The molecule has 0 aromatic carbocycles. The third kappa shape index (κ3) is 2.25. The SMILES string of the molecule is CCC(C)CC=C1OC1(C)C. The van der Waals surface area contributed by atoms with E-state index < -0.39 is 0 Å². The summed E-state index contributed by atoms with van der Waals surface area (Å²) in [5.74, 6) is 1.97. The third-order valence-electron chi connectivity index (χ3n) is 2.32. The van der Waals surface area contributed by atoms with Crippen molar-refractivity contribution in [3.63, 3.8) is 0 Å². The normalized spacial score (nSPS) is 26.4. The first-order valence-corrected chi connectivity index (χ1v) is 4.46. The average molecular weight is 154 g/mol. The van der Waals surface area contributed by atoms with Gasteiger partial charge in [0.2, 0.25) is 0 Å². The largest absolute Gasteiger partial charge is 0.480 e. The van der Waals surface area contributed by atoms with E-state index in [-0.39, 0.29) is 5.60 Å². The van der Waals surface area contributed by atoms with Crippen LogP contribution in [-0.4, -0.2) is 5.60 Å². The van der Waals surface area contributed by atoms with E-state index in [2.05, 4.69) is 33.8 Å². The topological polar surface area (TPSA) is 12.5 Å². The highest BCUT2D eigenvalue weighted by Crippen LogP contribution is 2.40. The molecule has 1 aliphatic rings. The number of ether oxygens (including phenoxy) is 1. The monoisotopic (exact) mass is 154 g/mol. The Morgan fingerprint density at radius 3 is 2.45 bits per heavy atom. The molecule has 0 saturated carbocycles. The van der Waals surface area contributed by atoms with Gasteiger partial charge in [-0.2, -0.15) is 0 Å². The summed E-state index contributed by atoms with van der Waals surface area (Å²) < 4.78 is 5.36. The number of hydrogen-bond donors (Lipinski definition) is 0. The van der Waals surface area contributed by atoms with E-state index in [0.717, 1.165) is 12.3 Å². The molecule has 0 spiro atoms. The van der Waals surface area contributed by atoms with Gasteiger partial charge in [0.1, 0.15) is 5.76 Å². The van der Waals surface area contributed by atoms with Crippen molar-refractivity contribution in [2.75, 3.05) is 0 Å². The Kier molecular flexibility index (Phi) is 2.26. The molecular weight excluding hydrogens is 136 g/mol. The minimum Gasteiger partial charge on any atom is -0.480 e. The Morgan fingerprint density at radius 1 is 1.55 bits per heavy atom. The van der Waals surface area contributed by atoms with Gasteiger partial charge in [-0.1, -0.05) is 20.3 Å². The van der Waals surface area contributed by atoms with Crippen molar-refractivity contribution >= 4 is 0 Å². The second-order valence-electron chi connectivity index (χ2n) is 3.93. The van der Waals surface area contributed by atoms with Gasteiger partial charge in [0.05, 0.1) is 0 Å². The van der Waals surface area contributed by atoms with Gasteiger partial charge in [-0.15, -0.1) is 0 Å². The highest BCUT2D eigenvalue weighted by molar-refractivity contribution is 5.20. The lowest BCUT2D eigenvalue weighted by Crippen LogP contribution is -1.93. The summed E-state index contributed by atoms with van der Waals surface area (Å²) in [5, 5.41) is 0. The number of rotatable bonds is 3. The summed E-state index contributed by atoms with van der Waals surface area (Å²) >= 11 is 0. The maximum atomic E-state index is 5.36. The average Bonchev–Trinajstić information content (AvgIpc) is 2.54. The van der Waals surface area contributed by atoms with Gasteiger partial charge < -0.3 is 4.74 Å². The number of epoxide rings is 1. The predicted molar refractivity (Wildman–Crippen MR) is 47.3 cm³/mol. The lowest BCUT2D eigenvalue weighted by molar-refractivity contribution is 0.353. The zero-order chi connectivity index (χ0) is 8.48. The van der Waals surface area contributed by atoms with Crippen LogP contribution in [0.3, 0.4) is 0 Å². The van der Waals surface area contributed by atoms with Crippen LogP contribution in [0.5, 0.6) is 0 Å². The second kappa shape index (κ2) is 2.88. The first-order chi connectivity index (χ1) is 5.06. The molecule has 1 aliphatic heterocycles. The van der Waals surface area contributed by atoms with Crippen molar-refractivity contribution in [2.24, 2.45) is 5.92 Å². The van der Waals surface area contributed by atoms with E-state index in [0.29, 0.717) is 0 Å². The fourth-order valence-electron chi connectivity index (χ4n) is 1.01. The first-order valence-electron chi connectivity index (χ1n) is 4.46. The number of allylic oxidation sites excluding steroid dienone is 1. The lowest BCUT2D eigenvalue weighted by Gasteiger charge is -2.00. The second-order valence-corrected chi connectivity index (χ2v) is 3.93. The first kappa shape index (κ1) is 8.63. The molecule has 1 nitrogen and oxygen atoms in total. The van der Waals surface area contributed by atoms with Gasteiger partial charge >= 0.3 is 0 Å². The van der Waals surface area contributed by atoms with Crippen molar-refractivity contribution in [1.29, 1.82) is 0 Å². The zero-order valence-electron chi connectivity index (χ0n) is 7.98. The van der Waals surface area contributed by atoms with Crippen LogP contribution in [-0.2, 0) is 4.74 Å². The van der Waals surface area contributed by atoms with Crippen LogP contribution in [0.25, 0.3) is 0 Å². The molecule has 0 amide bonds. The molecule has 1 saturated heterocycles. The van der Waals surface area contributed by atoms with Crippen LogP contribution in [0.15, 0.2) is 11.8 Å². The Bertz CT molecular complexity index is 168. The predicted octanol–water partition coefficient (Wildman–Crippen LogP) is 3.12. The molecule has 0 aromatic heterocycles. The van der Waals surface area contributed by atoms with Gasteiger partial charge in [-0.05, 0) is 32.3 Å². The highest BCUT2D eigenvalue weighted by Gasteiger charge is 2.42. The zero-order valence-corrected chi connectivity index (χ0v) is 7.98. The summed E-state index contributed by atoms with van der Waals surface area (Å²) in [6.07, 6.45) is 4.65. The number of hydrogen-bond acceptors (Lipinski definition) is 1. The van der Waals surface area contributed by atoms with Gasteiger partial charge in [0, 0.05) is 0 Å². The molecule has 1 rings (SSSR count). The van der Waals surface area contributed by atoms with Crippen molar-refractivity contribution in [3.8, 4) is 0 Å². The fraction of sp³-hybridized carbons (Fsp3) is 0.800. The molecule has 1 unspecified atom stereocenters. The van der Waals surface area contributed by atoms with Gasteiger partial charge in [0.25, 0.3) is 0 Å². The van der Waals surface area contributed by atoms with Crippen molar-refractivity contribution in [1.82, 2.24) is 0 Å². The van der Waals surface area contributed by atoms with Crippen LogP contribution < -0.4 is 0 Å². The third-order valence-corrected chi connectivity index (χ3v) is 2.32. The van der Waals surface area contributed by atoms with E-state index in [4.69, 9.17) is 4.74 Å². The molecule has 1 atom stereocenters. The smallest absolute Gasteiger partial charge is 0.159 e. The Hall–Kier alpha value is -0.460. The highest BCUT2D eigenvalue weighted by atomic mass is 16.6. The van der Waals surface area contributed by atoms with Gasteiger partial charge in [-0.25, -0.2) is 0 Å². The fourth-order valence-corrected chi connectivity index (χ4v) is 1.01. The molecule has 1 fully saturated rings. The van der Waals surface area contributed by atoms with Crippen LogP contribution in [0.2, 0.25) is 0 Å². The molecule has 1 heterocycles. The molecular formula is C10H18O. The molecule has 64 valence electrons. The molecule has 0 radical (unpaired) electrons. The van der Waals surface area contributed by atoms with Gasteiger partial charge in [0.15, 0.2) is 5.60 Å². The molecule has 0 aromatic rings. The quantitative estimate of drug-likeness (QED) is 0.569. The van der Waals surface area contributed by atoms with E-state index in [9.17, 15) is 0 Å². The maximum Gasteiger partial charge on any atom is 0.159 e. The minimum absolute atomic E-state index is 0.0630. The summed E-state index contributed by atoms with van der Waals surface area (Å²) in [6, 6.07) is 0. The molecule has 0 N–H and O–H groups in total. The van der Waals surface area contributed by atoms with E-state index >= 15 is 0 Å². The van der Waals surface area contributed by atoms with Crippen molar-refractivity contribution < 1.29 is 4.74 Å². The van der Waals surface area contributed by atoms with Crippen LogP contribution in [0.4, 0.5) is 0 Å². The Balaban J connectivity index is 2.28. The van der Waals surface area contributed by atoms with E-state index in [1.165, 1.54) is 12.2 Å². The van der Waals surface area contributed by atoms with Crippen LogP contribution in [0, 0.1) is 5.92 Å². The molecule has 11 heavy (non-hydrogen) atoms. The summed E-state index contributed by atoms with van der Waals surface area (Å²) in [4.78, 5) is 0. The summed E-state index contributed by atoms with van der Waals surface area (Å²) in [6.45, 7) is 8.71. The van der Waals surface area contributed by atoms with Crippen LogP contribution >= 0.6 is 0 Å². The summed E-state index contributed by atoms with van der Waals surface area (Å²) in [5.41, 5.74) is 0.0630. The molecule has 0 bridgehead atoms. The molecule has 0 aliphatic carbocycles. The molecule has 1 heteroatoms. The standard InChI is InChI=1S/C10H18O/c1-5-8(2)6-7-9-10(3,4)11-9/h7-8H,5-6H2,1-4H3. The van der Waals surface area contributed by atoms with Crippen molar-refractivity contribution in [2.45, 2.75) is 46.1 Å². The Morgan fingerprint density at radius 2 is 2.09 bits per heavy atom. The van der Waals surface area contributed by atoms with Crippen LogP contribution in [0.1, 0.15) is 40.5 Å². The minimum atomic E-state index is 0.0630. The van der Waals surface area contributed by atoms with Crippen molar-refractivity contribution in [3.05, 3.63) is 11.8 Å². The van der Waals surface area contributed by atoms with E-state index in [1.807, 2.05) is 0 Å². The Labute approximate surface area is 69.4 Å².